The van der Waals surface area contributed by atoms with E-state index in [0.29, 0.717) is 17.9 Å². The van der Waals surface area contributed by atoms with Crippen LogP contribution in [-0.4, -0.2) is 50.5 Å². The molecule has 1 fully saturated rings. The molecule has 5 nitrogen and oxygen atoms in total. The molecule has 6 heteroatoms. The van der Waals surface area contributed by atoms with Crippen molar-refractivity contribution >= 4 is 35.8 Å². The number of likely N-dealkylation sites (N-methyl/N-ethyl adjacent to an activating group) is 1. The predicted octanol–water partition coefficient (Wildman–Crippen LogP) is 2.38. The standard InChI is InChI=1S/C16H30N4O.HI/c1-5-11-17-15(18-12-14(21)20(3)4)19-13-16(6-2)9-7-8-10-16;/h5H,1,6-13H2,2-4H3,(H2,17,18,19);1H. The van der Waals surface area contributed by atoms with Crippen LogP contribution in [0.25, 0.3) is 0 Å². The van der Waals surface area contributed by atoms with Crippen LogP contribution in [-0.2, 0) is 4.79 Å². The smallest absolute Gasteiger partial charge is 0.243 e. The van der Waals surface area contributed by atoms with E-state index in [9.17, 15) is 4.79 Å². The van der Waals surface area contributed by atoms with Gasteiger partial charge in [0.05, 0.1) is 0 Å². The minimum atomic E-state index is 0. The number of rotatable bonds is 7. The van der Waals surface area contributed by atoms with E-state index < -0.39 is 0 Å². The molecule has 1 aliphatic rings. The first-order valence-corrected chi connectivity index (χ1v) is 7.86. The van der Waals surface area contributed by atoms with Crippen LogP contribution in [0, 0.1) is 5.41 Å². The van der Waals surface area contributed by atoms with E-state index in [2.05, 4.69) is 29.1 Å². The number of halogens is 1. The van der Waals surface area contributed by atoms with Gasteiger partial charge in [0.1, 0.15) is 6.54 Å². The van der Waals surface area contributed by atoms with Gasteiger partial charge >= 0.3 is 0 Å². The first kappa shape index (κ1) is 21.2. The van der Waals surface area contributed by atoms with E-state index >= 15 is 0 Å². The Bertz CT molecular complexity index is 376. The van der Waals surface area contributed by atoms with Crippen LogP contribution < -0.4 is 10.6 Å². The second-order valence-corrected chi connectivity index (χ2v) is 6.04. The van der Waals surface area contributed by atoms with Crippen LogP contribution in [0.2, 0.25) is 0 Å². The summed E-state index contributed by atoms with van der Waals surface area (Å²) in [7, 11) is 3.49. The van der Waals surface area contributed by atoms with Gasteiger partial charge in [0.25, 0.3) is 0 Å². The van der Waals surface area contributed by atoms with E-state index in [0.717, 1.165) is 6.54 Å². The molecule has 0 aromatic rings. The Labute approximate surface area is 152 Å². The third-order valence-electron chi connectivity index (χ3n) is 4.33. The molecule has 2 N–H and O–H groups in total. The highest BCUT2D eigenvalue weighted by atomic mass is 127. The monoisotopic (exact) mass is 422 g/mol. The van der Waals surface area contributed by atoms with Crippen molar-refractivity contribution in [2.45, 2.75) is 39.0 Å². The highest BCUT2D eigenvalue weighted by molar-refractivity contribution is 14.0. The lowest BCUT2D eigenvalue weighted by molar-refractivity contribution is -0.127. The molecule has 0 heterocycles. The number of amides is 1. The van der Waals surface area contributed by atoms with Crippen molar-refractivity contribution in [2.24, 2.45) is 10.4 Å². The summed E-state index contributed by atoms with van der Waals surface area (Å²) < 4.78 is 0. The lowest BCUT2D eigenvalue weighted by atomic mass is 9.83. The zero-order valence-electron chi connectivity index (χ0n) is 14.2. The van der Waals surface area contributed by atoms with Gasteiger partial charge in [0, 0.05) is 27.2 Å². The summed E-state index contributed by atoms with van der Waals surface area (Å²) in [6, 6.07) is 0. The van der Waals surface area contributed by atoms with Crippen molar-refractivity contribution in [3.63, 3.8) is 0 Å². The summed E-state index contributed by atoms with van der Waals surface area (Å²) in [5, 5.41) is 6.58. The summed E-state index contributed by atoms with van der Waals surface area (Å²) in [4.78, 5) is 17.6. The molecule has 1 rings (SSSR count). The van der Waals surface area contributed by atoms with Gasteiger partial charge in [0.2, 0.25) is 5.91 Å². The molecule has 128 valence electrons. The third kappa shape index (κ3) is 6.98. The summed E-state index contributed by atoms with van der Waals surface area (Å²) in [5.74, 6) is 0.700. The number of hydrogen-bond donors (Lipinski definition) is 2. The van der Waals surface area contributed by atoms with Crippen molar-refractivity contribution < 1.29 is 4.79 Å². The SMILES string of the molecule is C=CCNC(=NCC(=O)N(C)C)NCC1(CC)CCCC1.I. The van der Waals surface area contributed by atoms with E-state index in [4.69, 9.17) is 0 Å². The highest BCUT2D eigenvalue weighted by Crippen LogP contribution is 2.40. The van der Waals surface area contributed by atoms with Gasteiger partial charge in [-0.3, -0.25) is 4.79 Å². The van der Waals surface area contributed by atoms with Crippen LogP contribution in [0.5, 0.6) is 0 Å². The van der Waals surface area contributed by atoms with Crippen LogP contribution in [0.15, 0.2) is 17.6 Å². The minimum Gasteiger partial charge on any atom is -0.356 e. The van der Waals surface area contributed by atoms with Gasteiger partial charge in [-0.25, -0.2) is 4.99 Å². The Morgan fingerprint density at radius 1 is 1.32 bits per heavy atom. The number of guanidine groups is 1. The van der Waals surface area contributed by atoms with Crippen molar-refractivity contribution in [3.8, 4) is 0 Å². The van der Waals surface area contributed by atoms with Crippen molar-refractivity contribution in [3.05, 3.63) is 12.7 Å². The van der Waals surface area contributed by atoms with Gasteiger partial charge in [0.15, 0.2) is 5.96 Å². The minimum absolute atomic E-state index is 0. The molecule has 0 radical (unpaired) electrons. The average Bonchev–Trinajstić information content (AvgIpc) is 2.95. The van der Waals surface area contributed by atoms with Gasteiger partial charge in [-0.05, 0) is 24.7 Å². The van der Waals surface area contributed by atoms with E-state index in [-0.39, 0.29) is 36.4 Å². The van der Waals surface area contributed by atoms with Crippen molar-refractivity contribution in [1.29, 1.82) is 0 Å². The number of nitrogens with zero attached hydrogens (tertiary/aromatic N) is 2. The van der Waals surface area contributed by atoms with Gasteiger partial charge in [-0.1, -0.05) is 25.8 Å². The lowest BCUT2D eigenvalue weighted by Gasteiger charge is -2.28. The van der Waals surface area contributed by atoms with E-state index in [1.165, 1.54) is 32.1 Å². The number of nitrogens with one attached hydrogen (secondary N) is 2. The second-order valence-electron chi connectivity index (χ2n) is 6.04. The zero-order chi connectivity index (χ0) is 15.7. The van der Waals surface area contributed by atoms with Gasteiger partial charge < -0.3 is 15.5 Å². The topological polar surface area (TPSA) is 56.7 Å². The molecule has 0 saturated heterocycles. The number of aliphatic imine (C=N–C) groups is 1. The third-order valence-corrected chi connectivity index (χ3v) is 4.33. The average molecular weight is 422 g/mol. The molecule has 22 heavy (non-hydrogen) atoms. The van der Waals surface area contributed by atoms with Crippen molar-refractivity contribution in [2.75, 3.05) is 33.7 Å². The number of carbonyl (C=O) groups is 1. The normalized spacial score (nSPS) is 16.6. The maximum atomic E-state index is 11.6. The Balaban J connectivity index is 0.00000441. The second kappa shape index (κ2) is 10.9. The molecule has 0 spiro atoms. The molecule has 0 bridgehead atoms. The first-order chi connectivity index (χ1) is 10.0. The van der Waals surface area contributed by atoms with Crippen LogP contribution in [0.3, 0.4) is 0 Å². The Kier molecular flexibility index (Phi) is 10.5. The quantitative estimate of drug-likeness (QED) is 0.287. The van der Waals surface area contributed by atoms with Crippen LogP contribution >= 0.6 is 24.0 Å². The lowest BCUT2D eigenvalue weighted by Crippen LogP contribution is -2.43. The first-order valence-electron chi connectivity index (χ1n) is 7.86. The number of carbonyl (C=O) groups excluding carboxylic acids is 1. The highest BCUT2D eigenvalue weighted by Gasteiger charge is 2.31. The molecule has 0 aromatic carbocycles. The summed E-state index contributed by atoms with van der Waals surface area (Å²) in [6.07, 6.45) is 8.17. The molecule has 0 unspecified atom stereocenters. The summed E-state index contributed by atoms with van der Waals surface area (Å²) in [6.45, 7) is 7.69. The van der Waals surface area contributed by atoms with Crippen molar-refractivity contribution in [1.82, 2.24) is 15.5 Å². The molecule has 0 aliphatic heterocycles. The fourth-order valence-electron chi connectivity index (χ4n) is 2.68. The Morgan fingerprint density at radius 3 is 2.45 bits per heavy atom. The van der Waals surface area contributed by atoms with E-state index in [1.807, 2.05) is 0 Å². The number of hydrogen-bond acceptors (Lipinski definition) is 2. The van der Waals surface area contributed by atoms with Gasteiger partial charge in [-0.2, -0.15) is 0 Å². The Hall–Kier alpha value is -0.790. The maximum absolute atomic E-state index is 11.6. The zero-order valence-corrected chi connectivity index (χ0v) is 16.5. The molecular weight excluding hydrogens is 391 g/mol. The van der Waals surface area contributed by atoms with Crippen LogP contribution in [0.1, 0.15) is 39.0 Å². The fraction of sp³-hybridized carbons (Fsp3) is 0.750. The molecule has 0 aromatic heterocycles. The molecule has 1 amide bonds. The summed E-state index contributed by atoms with van der Waals surface area (Å²) >= 11 is 0. The molecular formula is C16H31IN4O. The molecule has 1 aliphatic carbocycles. The predicted molar refractivity (Wildman–Crippen MR) is 104 cm³/mol. The largest absolute Gasteiger partial charge is 0.356 e. The van der Waals surface area contributed by atoms with Gasteiger partial charge in [-0.15, -0.1) is 30.6 Å². The summed E-state index contributed by atoms with van der Waals surface area (Å²) in [5.41, 5.74) is 0.391. The Morgan fingerprint density at radius 2 is 1.95 bits per heavy atom. The molecule has 1 saturated carbocycles. The maximum Gasteiger partial charge on any atom is 0.243 e. The fourth-order valence-corrected chi connectivity index (χ4v) is 2.68. The van der Waals surface area contributed by atoms with Crippen LogP contribution in [0.4, 0.5) is 0 Å². The molecule has 0 atom stereocenters. The van der Waals surface area contributed by atoms with E-state index in [1.54, 1.807) is 25.1 Å².